The predicted octanol–water partition coefficient (Wildman–Crippen LogP) is 1.62. The minimum Gasteiger partial charge on any atom is -0.353 e. The fraction of sp³-hybridized carbons (Fsp3) is 0.188. The van der Waals surface area contributed by atoms with E-state index in [0.29, 0.717) is 18.8 Å². The Bertz CT molecular complexity index is 824. The lowest BCUT2D eigenvalue weighted by molar-refractivity contribution is 0.0949. The minimum atomic E-state index is -0.270. The van der Waals surface area contributed by atoms with Crippen molar-refractivity contribution in [2.24, 2.45) is 5.73 Å². The number of aromatic nitrogens is 3. The zero-order valence-electron chi connectivity index (χ0n) is 12.3. The molecular weight excluding hydrogens is 278 g/mol. The molecule has 0 radical (unpaired) electrons. The second kappa shape index (κ2) is 5.95. The number of rotatable bonds is 4. The Balaban J connectivity index is 2.00. The summed E-state index contributed by atoms with van der Waals surface area (Å²) in [5.74, 6) is -0.270. The van der Waals surface area contributed by atoms with E-state index in [1.54, 1.807) is 6.20 Å². The summed E-state index contributed by atoms with van der Waals surface area (Å²) in [6, 6.07) is 8.03. The first-order chi connectivity index (χ1) is 10.7. The minimum absolute atomic E-state index is 0.270. The van der Waals surface area contributed by atoms with Gasteiger partial charge in [-0.1, -0.05) is 18.2 Å². The smallest absolute Gasteiger partial charge is 0.271 e. The number of carbonyl (C=O) groups excluding carboxylic acids is 1. The fourth-order valence-corrected chi connectivity index (χ4v) is 2.41. The van der Waals surface area contributed by atoms with E-state index in [0.717, 1.165) is 22.2 Å². The van der Waals surface area contributed by atoms with Crippen molar-refractivity contribution < 1.29 is 4.79 Å². The molecule has 4 N–H and O–H groups in total. The van der Waals surface area contributed by atoms with Crippen LogP contribution in [-0.2, 0) is 0 Å². The van der Waals surface area contributed by atoms with Crippen LogP contribution in [0.2, 0.25) is 0 Å². The summed E-state index contributed by atoms with van der Waals surface area (Å²) in [6.45, 7) is 2.83. The highest BCUT2D eigenvalue weighted by molar-refractivity contribution is 5.93. The van der Waals surface area contributed by atoms with Crippen LogP contribution in [0.25, 0.3) is 22.3 Å². The van der Waals surface area contributed by atoms with Gasteiger partial charge >= 0.3 is 0 Å². The maximum absolute atomic E-state index is 12.0. The van der Waals surface area contributed by atoms with Crippen molar-refractivity contribution in [3.8, 4) is 11.4 Å². The van der Waals surface area contributed by atoms with Crippen molar-refractivity contribution in [3.63, 3.8) is 0 Å². The van der Waals surface area contributed by atoms with Gasteiger partial charge in [-0.15, -0.1) is 0 Å². The van der Waals surface area contributed by atoms with E-state index < -0.39 is 0 Å². The van der Waals surface area contributed by atoms with Crippen LogP contribution in [0.1, 0.15) is 16.1 Å². The molecule has 0 aliphatic heterocycles. The van der Waals surface area contributed by atoms with E-state index in [2.05, 4.69) is 26.3 Å². The molecule has 0 saturated carbocycles. The van der Waals surface area contributed by atoms with Gasteiger partial charge in [0.05, 0.1) is 18.1 Å². The first kappa shape index (κ1) is 14.2. The van der Waals surface area contributed by atoms with Crippen LogP contribution in [0.4, 0.5) is 0 Å². The van der Waals surface area contributed by atoms with E-state index >= 15 is 0 Å². The van der Waals surface area contributed by atoms with Gasteiger partial charge in [-0.3, -0.25) is 9.78 Å². The highest BCUT2D eigenvalue weighted by atomic mass is 16.1. The number of benzene rings is 1. The fourth-order valence-electron chi connectivity index (χ4n) is 2.41. The number of carbonyl (C=O) groups is 1. The number of para-hydroxylation sites is 1. The van der Waals surface area contributed by atoms with Crippen molar-refractivity contribution in [2.75, 3.05) is 13.1 Å². The Morgan fingerprint density at radius 2 is 2.14 bits per heavy atom. The Morgan fingerprint density at radius 3 is 2.91 bits per heavy atom. The zero-order chi connectivity index (χ0) is 15.5. The Labute approximate surface area is 127 Å². The number of hydrogen-bond donors (Lipinski definition) is 3. The summed E-state index contributed by atoms with van der Waals surface area (Å²) in [7, 11) is 0. The number of aryl methyl sites for hydroxylation is 1. The van der Waals surface area contributed by atoms with Crippen LogP contribution < -0.4 is 11.1 Å². The molecule has 0 bridgehead atoms. The molecule has 22 heavy (non-hydrogen) atoms. The highest BCUT2D eigenvalue weighted by Crippen LogP contribution is 2.27. The molecule has 0 aliphatic rings. The van der Waals surface area contributed by atoms with Crippen LogP contribution in [-0.4, -0.2) is 33.9 Å². The monoisotopic (exact) mass is 295 g/mol. The first-order valence-electron chi connectivity index (χ1n) is 7.08. The van der Waals surface area contributed by atoms with Crippen LogP contribution in [0.15, 0.2) is 36.7 Å². The standard InChI is InChI=1S/C16H17N5O/c1-10-11-4-2-3-5-12(11)21-15(10)13-8-18-9-14(20-13)16(22)19-7-6-17/h2-5,8-9,21H,6-7,17H2,1H3,(H,19,22). The average Bonchev–Trinajstić information content (AvgIpc) is 2.90. The van der Waals surface area contributed by atoms with E-state index in [1.165, 1.54) is 6.20 Å². The molecule has 1 amide bonds. The van der Waals surface area contributed by atoms with Gasteiger partial charge in [0.2, 0.25) is 0 Å². The van der Waals surface area contributed by atoms with Gasteiger partial charge in [-0.25, -0.2) is 4.98 Å². The number of amides is 1. The average molecular weight is 295 g/mol. The maximum atomic E-state index is 12.0. The summed E-state index contributed by atoms with van der Waals surface area (Å²) < 4.78 is 0. The molecule has 6 nitrogen and oxygen atoms in total. The number of H-pyrrole nitrogens is 1. The number of hydrogen-bond acceptors (Lipinski definition) is 4. The Hall–Kier alpha value is -2.73. The molecule has 6 heteroatoms. The van der Waals surface area contributed by atoms with Crippen LogP contribution in [0.3, 0.4) is 0 Å². The van der Waals surface area contributed by atoms with Gasteiger partial charge in [-0.05, 0) is 18.6 Å². The maximum Gasteiger partial charge on any atom is 0.271 e. The molecule has 0 unspecified atom stereocenters. The molecule has 2 heterocycles. The molecule has 0 saturated heterocycles. The molecule has 0 aliphatic carbocycles. The third kappa shape index (κ3) is 2.56. The van der Waals surface area contributed by atoms with Crippen molar-refractivity contribution >= 4 is 16.8 Å². The molecule has 3 rings (SSSR count). The molecule has 0 spiro atoms. The first-order valence-corrected chi connectivity index (χ1v) is 7.08. The summed E-state index contributed by atoms with van der Waals surface area (Å²) in [5, 5.41) is 3.83. The number of aromatic amines is 1. The lowest BCUT2D eigenvalue weighted by Gasteiger charge is -2.04. The van der Waals surface area contributed by atoms with E-state index in [9.17, 15) is 4.79 Å². The number of nitrogens with one attached hydrogen (secondary N) is 2. The predicted molar refractivity (Wildman–Crippen MR) is 85.4 cm³/mol. The molecular formula is C16H17N5O. The molecule has 0 atom stereocenters. The van der Waals surface area contributed by atoms with Crippen LogP contribution in [0, 0.1) is 6.92 Å². The van der Waals surface area contributed by atoms with Gasteiger partial charge in [0.15, 0.2) is 0 Å². The van der Waals surface area contributed by atoms with Crippen LogP contribution >= 0.6 is 0 Å². The second-order valence-corrected chi connectivity index (χ2v) is 5.00. The highest BCUT2D eigenvalue weighted by Gasteiger charge is 2.13. The summed E-state index contributed by atoms with van der Waals surface area (Å²) >= 11 is 0. The Kier molecular flexibility index (Phi) is 3.84. The van der Waals surface area contributed by atoms with Crippen LogP contribution in [0.5, 0.6) is 0 Å². The summed E-state index contributed by atoms with van der Waals surface area (Å²) in [6.07, 6.45) is 3.10. The SMILES string of the molecule is Cc1c(-c2cncc(C(=O)NCCN)n2)[nH]c2ccccc12. The van der Waals surface area contributed by atoms with E-state index in [-0.39, 0.29) is 11.6 Å². The quantitative estimate of drug-likeness (QED) is 0.681. The lowest BCUT2D eigenvalue weighted by atomic mass is 10.1. The van der Waals surface area contributed by atoms with E-state index in [4.69, 9.17) is 5.73 Å². The lowest BCUT2D eigenvalue weighted by Crippen LogP contribution is -2.29. The summed E-state index contributed by atoms with van der Waals surface area (Å²) in [4.78, 5) is 23.8. The topological polar surface area (TPSA) is 96.7 Å². The molecule has 0 fully saturated rings. The van der Waals surface area contributed by atoms with E-state index in [1.807, 2.05) is 25.1 Å². The van der Waals surface area contributed by atoms with Gasteiger partial charge in [-0.2, -0.15) is 0 Å². The van der Waals surface area contributed by atoms with Gasteiger partial charge in [0, 0.05) is 24.0 Å². The second-order valence-electron chi connectivity index (χ2n) is 5.00. The van der Waals surface area contributed by atoms with Gasteiger partial charge in [0.1, 0.15) is 11.4 Å². The zero-order valence-corrected chi connectivity index (χ0v) is 12.3. The number of nitrogens with two attached hydrogens (primary N) is 1. The molecule has 2 aromatic heterocycles. The molecule has 112 valence electrons. The number of nitrogens with zero attached hydrogens (tertiary/aromatic N) is 2. The third-order valence-corrected chi connectivity index (χ3v) is 3.52. The van der Waals surface area contributed by atoms with Crippen molar-refractivity contribution in [1.82, 2.24) is 20.3 Å². The largest absolute Gasteiger partial charge is 0.353 e. The molecule has 3 aromatic rings. The van der Waals surface area contributed by atoms with Crippen molar-refractivity contribution in [1.29, 1.82) is 0 Å². The normalized spacial score (nSPS) is 10.8. The molecule has 1 aromatic carbocycles. The third-order valence-electron chi connectivity index (χ3n) is 3.52. The Morgan fingerprint density at radius 1 is 1.32 bits per heavy atom. The van der Waals surface area contributed by atoms with Gasteiger partial charge < -0.3 is 16.0 Å². The van der Waals surface area contributed by atoms with Gasteiger partial charge in [0.25, 0.3) is 5.91 Å². The van der Waals surface area contributed by atoms with Crippen molar-refractivity contribution in [3.05, 3.63) is 47.9 Å². The van der Waals surface area contributed by atoms with Crippen molar-refractivity contribution in [2.45, 2.75) is 6.92 Å². The number of fused-ring (bicyclic) bond motifs is 1. The summed E-state index contributed by atoms with van der Waals surface area (Å²) in [5.41, 5.74) is 9.31.